The molecule has 110 valence electrons. The highest BCUT2D eigenvalue weighted by Crippen LogP contribution is 2.33. The summed E-state index contributed by atoms with van der Waals surface area (Å²) in [4.78, 5) is 0. The van der Waals surface area contributed by atoms with Gasteiger partial charge in [-0.15, -0.1) is 0 Å². The van der Waals surface area contributed by atoms with Crippen LogP contribution < -0.4 is 5.32 Å². The van der Waals surface area contributed by atoms with Crippen LogP contribution in [0.25, 0.3) is 5.69 Å². The van der Waals surface area contributed by atoms with Gasteiger partial charge < -0.3 is 5.32 Å². The molecule has 0 unspecified atom stereocenters. The van der Waals surface area contributed by atoms with Crippen LogP contribution in [0.1, 0.15) is 5.56 Å². The van der Waals surface area contributed by atoms with Gasteiger partial charge in [-0.2, -0.15) is 28.8 Å². The number of allylic oxidation sites excluding steroid dienone is 1. The van der Waals surface area contributed by atoms with E-state index in [-0.39, 0.29) is 11.3 Å². The van der Waals surface area contributed by atoms with Crippen molar-refractivity contribution in [2.75, 3.05) is 5.32 Å². The summed E-state index contributed by atoms with van der Waals surface area (Å²) in [5, 5.41) is 23.8. The van der Waals surface area contributed by atoms with Crippen LogP contribution in [0.15, 0.2) is 48.4 Å². The van der Waals surface area contributed by atoms with E-state index in [1.54, 1.807) is 24.4 Å². The molecule has 2 aromatic rings. The minimum atomic E-state index is -4.50. The second-order valence-electron chi connectivity index (χ2n) is 4.11. The molecule has 0 radical (unpaired) electrons. The van der Waals surface area contributed by atoms with E-state index in [1.165, 1.54) is 16.9 Å². The standard InChI is InChI=1S/C14H8F3N5/c15-14(16,17)11-2-3-13(22-5-1-4-21-22)12(6-11)20-9-10(7-18)8-19/h1-6,9,20H. The molecule has 1 aromatic heterocycles. The average molecular weight is 303 g/mol. The molecule has 0 saturated carbocycles. The molecule has 0 aliphatic rings. The third-order valence-electron chi connectivity index (χ3n) is 2.69. The zero-order chi connectivity index (χ0) is 16.2. The number of anilines is 1. The summed E-state index contributed by atoms with van der Waals surface area (Å²) in [5.74, 6) is 0. The number of nitrogens with one attached hydrogen (secondary N) is 1. The van der Waals surface area contributed by atoms with E-state index in [0.717, 1.165) is 18.3 Å². The first-order valence-electron chi connectivity index (χ1n) is 5.94. The molecule has 5 nitrogen and oxygen atoms in total. The highest BCUT2D eigenvalue weighted by atomic mass is 19.4. The van der Waals surface area contributed by atoms with E-state index < -0.39 is 11.7 Å². The summed E-state index contributed by atoms with van der Waals surface area (Å²) in [6.45, 7) is 0. The summed E-state index contributed by atoms with van der Waals surface area (Å²) >= 11 is 0. The van der Waals surface area contributed by atoms with E-state index in [9.17, 15) is 13.2 Å². The van der Waals surface area contributed by atoms with Crippen LogP contribution >= 0.6 is 0 Å². The minimum Gasteiger partial charge on any atom is -0.358 e. The van der Waals surface area contributed by atoms with Gasteiger partial charge in [-0.1, -0.05) is 0 Å². The van der Waals surface area contributed by atoms with E-state index in [4.69, 9.17) is 10.5 Å². The van der Waals surface area contributed by atoms with Crippen LogP contribution in [-0.2, 0) is 6.18 Å². The number of hydrogen-bond donors (Lipinski definition) is 1. The highest BCUT2D eigenvalue weighted by molar-refractivity contribution is 5.64. The molecule has 0 saturated heterocycles. The lowest BCUT2D eigenvalue weighted by Gasteiger charge is -2.13. The van der Waals surface area contributed by atoms with Crippen molar-refractivity contribution < 1.29 is 13.2 Å². The van der Waals surface area contributed by atoms with Gasteiger partial charge in [0.05, 0.1) is 16.9 Å². The lowest BCUT2D eigenvalue weighted by atomic mass is 10.1. The van der Waals surface area contributed by atoms with Crippen LogP contribution in [-0.4, -0.2) is 9.78 Å². The molecular weight excluding hydrogens is 295 g/mol. The molecule has 1 heterocycles. The number of hydrogen-bond acceptors (Lipinski definition) is 4. The van der Waals surface area contributed by atoms with Crippen molar-refractivity contribution in [2.45, 2.75) is 6.18 Å². The Morgan fingerprint density at radius 3 is 2.55 bits per heavy atom. The Labute approximate surface area is 123 Å². The zero-order valence-corrected chi connectivity index (χ0v) is 11.0. The summed E-state index contributed by atoms with van der Waals surface area (Å²) in [7, 11) is 0. The predicted molar refractivity (Wildman–Crippen MR) is 71.5 cm³/mol. The molecule has 2 rings (SSSR count). The second-order valence-corrected chi connectivity index (χ2v) is 4.11. The van der Waals surface area contributed by atoms with Gasteiger partial charge in [0.15, 0.2) is 0 Å². The van der Waals surface area contributed by atoms with Crippen molar-refractivity contribution in [3.8, 4) is 17.8 Å². The maximum Gasteiger partial charge on any atom is 0.416 e. The Bertz CT molecular complexity index is 760. The van der Waals surface area contributed by atoms with Crippen molar-refractivity contribution in [3.05, 3.63) is 54.0 Å². The van der Waals surface area contributed by atoms with Gasteiger partial charge in [0.25, 0.3) is 0 Å². The summed E-state index contributed by atoms with van der Waals surface area (Å²) in [5.41, 5.74) is -0.690. The van der Waals surface area contributed by atoms with Crippen molar-refractivity contribution in [1.29, 1.82) is 10.5 Å². The molecule has 0 aliphatic carbocycles. The van der Waals surface area contributed by atoms with Crippen molar-refractivity contribution in [2.24, 2.45) is 0 Å². The number of nitrogens with zero attached hydrogens (tertiary/aromatic N) is 4. The van der Waals surface area contributed by atoms with Crippen LogP contribution in [0.2, 0.25) is 0 Å². The Balaban J connectivity index is 2.50. The van der Waals surface area contributed by atoms with E-state index in [2.05, 4.69) is 10.4 Å². The largest absolute Gasteiger partial charge is 0.416 e. The molecule has 0 bridgehead atoms. The molecule has 0 amide bonds. The quantitative estimate of drug-likeness (QED) is 0.883. The highest BCUT2D eigenvalue weighted by Gasteiger charge is 2.31. The molecule has 0 atom stereocenters. The maximum atomic E-state index is 12.8. The molecular formula is C14H8F3N5. The lowest BCUT2D eigenvalue weighted by Crippen LogP contribution is -2.08. The number of halogens is 3. The number of alkyl halides is 3. The van der Waals surface area contributed by atoms with Crippen LogP contribution in [0.4, 0.5) is 18.9 Å². The topological polar surface area (TPSA) is 77.4 Å². The van der Waals surface area contributed by atoms with Gasteiger partial charge in [0.2, 0.25) is 0 Å². The van der Waals surface area contributed by atoms with Gasteiger partial charge in [-0.3, -0.25) is 0 Å². The predicted octanol–water partition coefficient (Wildman–Crippen LogP) is 3.23. The monoisotopic (exact) mass is 303 g/mol. The average Bonchev–Trinajstić information content (AvgIpc) is 3.01. The first-order valence-corrected chi connectivity index (χ1v) is 5.94. The molecule has 22 heavy (non-hydrogen) atoms. The Kier molecular flexibility index (Phi) is 4.14. The van der Waals surface area contributed by atoms with Crippen molar-refractivity contribution >= 4 is 5.69 Å². The fraction of sp³-hybridized carbons (Fsp3) is 0.0714. The first-order chi connectivity index (χ1) is 10.5. The Morgan fingerprint density at radius 1 is 1.27 bits per heavy atom. The normalized spacial score (nSPS) is 10.4. The molecule has 0 spiro atoms. The van der Waals surface area contributed by atoms with E-state index in [1.807, 2.05) is 0 Å². The van der Waals surface area contributed by atoms with Gasteiger partial charge in [0, 0.05) is 18.6 Å². The molecule has 8 heteroatoms. The van der Waals surface area contributed by atoms with Gasteiger partial charge >= 0.3 is 6.18 Å². The molecule has 0 aliphatic heterocycles. The van der Waals surface area contributed by atoms with Crippen LogP contribution in [0.5, 0.6) is 0 Å². The van der Waals surface area contributed by atoms with E-state index in [0.29, 0.717) is 5.69 Å². The summed E-state index contributed by atoms with van der Waals surface area (Å²) < 4.78 is 39.8. The van der Waals surface area contributed by atoms with Gasteiger partial charge in [-0.05, 0) is 24.3 Å². The van der Waals surface area contributed by atoms with Gasteiger partial charge in [-0.25, -0.2) is 4.68 Å². The SMILES string of the molecule is N#CC(C#N)=CNc1cc(C(F)(F)F)ccc1-n1cccn1. The molecule has 1 aromatic carbocycles. The number of rotatable bonds is 3. The minimum absolute atomic E-state index is 0.0709. The smallest absolute Gasteiger partial charge is 0.358 e. The Morgan fingerprint density at radius 2 is 2.00 bits per heavy atom. The third-order valence-corrected chi connectivity index (χ3v) is 2.69. The fourth-order valence-corrected chi connectivity index (χ4v) is 1.68. The number of benzene rings is 1. The molecule has 1 N–H and O–H groups in total. The third kappa shape index (κ3) is 3.25. The fourth-order valence-electron chi connectivity index (χ4n) is 1.68. The number of aromatic nitrogens is 2. The number of nitriles is 2. The molecule has 0 fully saturated rings. The van der Waals surface area contributed by atoms with E-state index >= 15 is 0 Å². The summed E-state index contributed by atoms with van der Waals surface area (Å²) in [6, 6.07) is 7.92. The Hall–Kier alpha value is -3.26. The maximum absolute atomic E-state index is 12.8. The van der Waals surface area contributed by atoms with Crippen LogP contribution in [0.3, 0.4) is 0 Å². The van der Waals surface area contributed by atoms with Crippen molar-refractivity contribution in [1.82, 2.24) is 9.78 Å². The second kappa shape index (κ2) is 6.02. The first kappa shape index (κ1) is 15.1. The van der Waals surface area contributed by atoms with Gasteiger partial charge in [0.1, 0.15) is 17.7 Å². The zero-order valence-electron chi connectivity index (χ0n) is 11.0. The van der Waals surface area contributed by atoms with Crippen LogP contribution in [0, 0.1) is 22.7 Å². The van der Waals surface area contributed by atoms with Crippen molar-refractivity contribution in [3.63, 3.8) is 0 Å². The summed E-state index contributed by atoms with van der Waals surface area (Å²) in [6.07, 6.45) is -0.418. The lowest BCUT2D eigenvalue weighted by molar-refractivity contribution is -0.137.